The van der Waals surface area contributed by atoms with Gasteiger partial charge in [-0.25, -0.2) is 4.79 Å². The highest BCUT2D eigenvalue weighted by molar-refractivity contribution is 5.90. The van der Waals surface area contributed by atoms with Gasteiger partial charge < -0.3 is 21.1 Å². The number of unbranched alkanes of at least 4 members (excludes halogenated alkanes) is 4. The second kappa shape index (κ2) is 10.9. The Balaban J connectivity index is 4.33. The highest BCUT2D eigenvalue weighted by Crippen LogP contribution is 2.07. The molecule has 0 fully saturated rings. The van der Waals surface area contributed by atoms with Gasteiger partial charge in [0.15, 0.2) is 0 Å². The van der Waals surface area contributed by atoms with E-state index in [1.807, 2.05) is 0 Å². The third-order valence-electron chi connectivity index (χ3n) is 2.99. The summed E-state index contributed by atoms with van der Waals surface area (Å²) < 4.78 is 5.09. The van der Waals surface area contributed by atoms with Crippen molar-refractivity contribution < 1.29 is 19.1 Å². The predicted molar refractivity (Wildman–Crippen MR) is 88.7 cm³/mol. The Bertz CT molecular complexity index is 391. The number of rotatable bonds is 10. The molecule has 0 unspecified atom stereocenters. The molecule has 0 spiro atoms. The van der Waals surface area contributed by atoms with Crippen LogP contribution >= 0.6 is 0 Å². The predicted octanol–water partition coefficient (Wildman–Crippen LogP) is 1.84. The number of carbonyl (C=O) groups is 3. The molecule has 0 saturated carbocycles. The van der Waals surface area contributed by atoms with Crippen LogP contribution in [0.5, 0.6) is 0 Å². The fourth-order valence-electron chi connectivity index (χ4n) is 1.92. The van der Waals surface area contributed by atoms with Gasteiger partial charge in [-0.1, -0.05) is 32.6 Å². The van der Waals surface area contributed by atoms with E-state index in [1.54, 1.807) is 20.8 Å². The minimum Gasteiger partial charge on any atom is -0.444 e. The van der Waals surface area contributed by atoms with Gasteiger partial charge in [-0.05, 0) is 27.2 Å². The number of hydrogen-bond donors (Lipinski definition) is 3. The SMILES string of the molecule is CCCCCCCNC(=O)[C@H](CC(N)=O)NC(=O)OC(C)(C)C. The normalized spacial score (nSPS) is 12.3. The number of amides is 3. The van der Waals surface area contributed by atoms with Gasteiger partial charge in [0.05, 0.1) is 6.42 Å². The van der Waals surface area contributed by atoms with E-state index in [9.17, 15) is 14.4 Å². The Morgan fingerprint density at radius 2 is 1.70 bits per heavy atom. The second-order valence-corrected chi connectivity index (χ2v) is 6.57. The van der Waals surface area contributed by atoms with E-state index >= 15 is 0 Å². The van der Waals surface area contributed by atoms with Crippen LogP contribution in [-0.2, 0) is 14.3 Å². The van der Waals surface area contributed by atoms with Crippen molar-refractivity contribution in [2.45, 2.75) is 77.9 Å². The van der Waals surface area contributed by atoms with Crippen LogP contribution in [0.1, 0.15) is 66.2 Å². The molecule has 0 rings (SSSR count). The number of hydrogen-bond acceptors (Lipinski definition) is 4. The molecule has 0 heterocycles. The first-order chi connectivity index (χ1) is 10.7. The number of ether oxygens (including phenoxy) is 1. The lowest BCUT2D eigenvalue weighted by Crippen LogP contribution is -2.50. The molecule has 23 heavy (non-hydrogen) atoms. The average Bonchev–Trinajstić information content (AvgIpc) is 2.39. The van der Waals surface area contributed by atoms with Crippen LogP contribution in [0.4, 0.5) is 4.79 Å². The Labute approximate surface area is 138 Å². The van der Waals surface area contributed by atoms with Gasteiger partial charge in [-0.15, -0.1) is 0 Å². The molecule has 7 nitrogen and oxygen atoms in total. The van der Waals surface area contributed by atoms with Gasteiger partial charge in [0, 0.05) is 6.54 Å². The zero-order chi connectivity index (χ0) is 17.9. The summed E-state index contributed by atoms with van der Waals surface area (Å²) in [4.78, 5) is 34.9. The van der Waals surface area contributed by atoms with Crippen LogP contribution < -0.4 is 16.4 Å². The molecule has 0 aliphatic carbocycles. The molecule has 0 aromatic carbocycles. The maximum atomic E-state index is 12.1. The first kappa shape index (κ1) is 21.2. The van der Waals surface area contributed by atoms with Gasteiger partial charge in [0.2, 0.25) is 11.8 Å². The van der Waals surface area contributed by atoms with Crippen molar-refractivity contribution in [3.05, 3.63) is 0 Å². The molecule has 134 valence electrons. The van der Waals surface area contributed by atoms with Crippen LogP contribution in [0.2, 0.25) is 0 Å². The van der Waals surface area contributed by atoms with E-state index in [-0.39, 0.29) is 6.42 Å². The van der Waals surface area contributed by atoms with Crippen molar-refractivity contribution in [1.29, 1.82) is 0 Å². The van der Waals surface area contributed by atoms with Crippen molar-refractivity contribution in [3.8, 4) is 0 Å². The number of primary amides is 1. The number of nitrogens with two attached hydrogens (primary N) is 1. The molecule has 0 aliphatic heterocycles. The van der Waals surface area contributed by atoms with Crippen LogP contribution in [0.25, 0.3) is 0 Å². The van der Waals surface area contributed by atoms with Gasteiger partial charge in [-0.3, -0.25) is 9.59 Å². The summed E-state index contributed by atoms with van der Waals surface area (Å²) in [5, 5.41) is 5.11. The number of nitrogens with one attached hydrogen (secondary N) is 2. The van der Waals surface area contributed by atoms with E-state index in [1.165, 1.54) is 6.42 Å². The van der Waals surface area contributed by atoms with Crippen molar-refractivity contribution in [2.75, 3.05) is 6.54 Å². The first-order valence-corrected chi connectivity index (χ1v) is 8.21. The number of alkyl carbamates (subject to hydrolysis) is 1. The van der Waals surface area contributed by atoms with Crippen molar-refractivity contribution in [1.82, 2.24) is 10.6 Å². The summed E-state index contributed by atoms with van der Waals surface area (Å²) in [6.07, 6.45) is 4.36. The van der Waals surface area contributed by atoms with Gasteiger partial charge in [0.25, 0.3) is 0 Å². The smallest absolute Gasteiger partial charge is 0.408 e. The van der Waals surface area contributed by atoms with E-state index in [2.05, 4.69) is 17.6 Å². The van der Waals surface area contributed by atoms with E-state index in [0.29, 0.717) is 6.54 Å². The zero-order valence-electron chi connectivity index (χ0n) is 14.7. The van der Waals surface area contributed by atoms with Gasteiger partial charge in [-0.2, -0.15) is 0 Å². The maximum absolute atomic E-state index is 12.1. The summed E-state index contributed by atoms with van der Waals surface area (Å²) in [5.41, 5.74) is 4.45. The largest absolute Gasteiger partial charge is 0.444 e. The van der Waals surface area contributed by atoms with Crippen LogP contribution in [0.15, 0.2) is 0 Å². The molecule has 0 bridgehead atoms. The maximum Gasteiger partial charge on any atom is 0.408 e. The molecule has 0 saturated heterocycles. The summed E-state index contributed by atoms with van der Waals surface area (Å²) in [6, 6.07) is -1.02. The van der Waals surface area contributed by atoms with Crippen LogP contribution in [-0.4, -0.2) is 36.1 Å². The summed E-state index contributed by atoms with van der Waals surface area (Å²) >= 11 is 0. The Morgan fingerprint density at radius 1 is 1.09 bits per heavy atom. The fourth-order valence-corrected chi connectivity index (χ4v) is 1.92. The zero-order valence-corrected chi connectivity index (χ0v) is 14.7. The molecular formula is C16H31N3O4. The molecule has 4 N–H and O–H groups in total. The molecule has 0 radical (unpaired) electrons. The van der Waals surface area contributed by atoms with Crippen molar-refractivity contribution >= 4 is 17.9 Å². The Kier molecular flexibility index (Phi) is 10.0. The Hall–Kier alpha value is -1.79. The van der Waals surface area contributed by atoms with E-state index in [0.717, 1.165) is 25.7 Å². The standard InChI is InChI=1S/C16H31N3O4/c1-5-6-7-8-9-10-18-14(21)12(11-13(17)20)19-15(22)23-16(2,3)4/h12H,5-11H2,1-4H3,(H2,17,20)(H,18,21)(H,19,22)/t12-/m0/s1. The Morgan fingerprint density at radius 3 is 2.22 bits per heavy atom. The van der Waals surface area contributed by atoms with Crippen molar-refractivity contribution in [3.63, 3.8) is 0 Å². The molecule has 0 aliphatic rings. The van der Waals surface area contributed by atoms with Crippen LogP contribution in [0.3, 0.4) is 0 Å². The highest BCUT2D eigenvalue weighted by atomic mass is 16.6. The molecule has 1 atom stereocenters. The van der Waals surface area contributed by atoms with Crippen LogP contribution in [0, 0.1) is 0 Å². The minimum atomic E-state index is -1.02. The minimum absolute atomic E-state index is 0.263. The monoisotopic (exact) mass is 329 g/mol. The quantitative estimate of drug-likeness (QED) is 0.531. The molecule has 7 heteroatoms. The topological polar surface area (TPSA) is 111 Å². The van der Waals surface area contributed by atoms with E-state index < -0.39 is 29.6 Å². The average molecular weight is 329 g/mol. The molecule has 3 amide bonds. The van der Waals surface area contributed by atoms with Gasteiger partial charge in [0.1, 0.15) is 11.6 Å². The first-order valence-electron chi connectivity index (χ1n) is 8.21. The third-order valence-corrected chi connectivity index (χ3v) is 2.99. The molecular weight excluding hydrogens is 298 g/mol. The lowest BCUT2D eigenvalue weighted by atomic mass is 10.1. The highest BCUT2D eigenvalue weighted by Gasteiger charge is 2.25. The summed E-state index contributed by atoms with van der Waals surface area (Å²) in [7, 11) is 0. The fraction of sp³-hybridized carbons (Fsp3) is 0.812. The number of carbonyl (C=O) groups excluding carboxylic acids is 3. The third kappa shape index (κ3) is 12.4. The molecule has 0 aromatic rings. The van der Waals surface area contributed by atoms with Gasteiger partial charge >= 0.3 is 6.09 Å². The summed E-state index contributed by atoms with van der Waals surface area (Å²) in [6.45, 7) is 7.79. The van der Waals surface area contributed by atoms with E-state index in [4.69, 9.17) is 10.5 Å². The lowest BCUT2D eigenvalue weighted by molar-refractivity contribution is -0.127. The lowest BCUT2D eigenvalue weighted by Gasteiger charge is -2.22. The van der Waals surface area contributed by atoms with Crippen molar-refractivity contribution in [2.24, 2.45) is 5.73 Å². The molecule has 0 aromatic heterocycles. The second-order valence-electron chi connectivity index (χ2n) is 6.57. The summed E-state index contributed by atoms with van der Waals surface area (Å²) in [5.74, 6) is -1.09.